The Kier molecular flexibility index (Phi) is 6.57. The fourth-order valence-corrected chi connectivity index (χ4v) is 8.65. The summed E-state index contributed by atoms with van der Waals surface area (Å²) in [5.41, 5.74) is 2.87. The minimum absolute atomic E-state index is 0.401. The van der Waals surface area contributed by atoms with Gasteiger partial charge in [-0.2, -0.15) is 0 Å². The molecule has 4 aliphatic rings. The zero-order valence-electron chi connectivity index (χ0n) is 18.9. The normalized spacial score (nSPS) is 45.1. The Morgan fingerprint density at radius 1 is 0.929 bits per heavy atom. The Morgan fingerprint density at radius 2 is 1.71 bits per heavy atom. The molecular formula is C27H45Cl. The monoisotopic (exact) mass is 404 g/mol. The maximum absolute atomic E-state index is 6.55. The van der Waals surface area contributed by atoms with Gasteiger partial charge in [-0.25, -0.2) is 0 Å². The van der Waals surface area contributed by atoms with Gasteiger partial charge in [0.1, 0.15) is 0 Å². The molecule has 0 heterocycles. The Bertz CT molecular complexity index is 565. The van der Waals surface area contributed by atoms with Crippen LogP contribution in [0.4, 0.5) is 0 Å². The van der Waals surface area contributed by atoms with Crippen molar-refractivity contribution < 1.29 is 0 Å². The van der Waals surface area contributed by atoms with Crippen molar-refractivity contribution in [3.05, 3.63) is 11.6 Å². The largest absolute Gasteiger partial charge is 0.123 e. The fourth-order valence-electron chi connectivity index (χ4n) is 8.37. The number of alkyl halides is 1. The van der Waals surface area contributed by atoms with Crippen molar-refractivity contribution in [3.63, 3.8) is 0 Å². The van der Waals surface area contributed by atoms with Crippen LogP contribution < -0.4 is 0 Å². The molecule has 4 rings (SSSR count). The average molecular weight is 405 g/mol. The molecule has 28 heavy (non-hydrogen) atoms. The Balaban J connectivity index is 1.39. The molecule has 3 saturated carbocycles. The van der Waals surface area contributed by atoms with Crippen LogP contribution in [0.25, 0.3) is 0 Å². The van der Waals surface area contributed by atoms with Crippen LogP contribution in [0.15, 0.2) is 11.6 Å². The first kappa shape index (κ1) is 21.3. The Labute approximate surface area is 180 Å². The lowest BCUT2D eigenvalue weighted by Gasteiger charge is -2.58. The predicted octanol–water partition coefficient (Wildman–Crippen LogP) is 8.92. The molecule has 160 valence electrons. The summed E-state index contributed by atoms with van der Waals surface area (Å²) in [6, 6.07) is 0. The topological polar surface area (TPSA) is 0 Å². The van der Waals surface area contributed by atoms with Gasteiger partial charge >= 0.3 is 0 Å². The molecule has 0 radical (unpaired) electrons. The third kappa shape index (κ3) is 3.74. The van der Waals surface area contributed by atoms with Crippen LogP contribution in [0.2, 0.25) is 0 Å². The van der Waals surface area contributed by atoms with Crippen molar-refractivity contribution in [2.75, 3.05) is 0 Å². The van der Waals surface area contributed by atoms with Gasteiger partial charge in [-0.05, 0) is 92.3 Å². The second-order valence-electron chi connectivity index (χ2n) is 11.5. The summed E-state index contributed by atoms with van der Waals surface area (Å²) < 4.78 is 0. The van der Waals surface area contributed by atoms with Gasteiger partial charge in [0.2, 0.25) is 0 Å². The quantitative estimate of drug-likeness (QED) is 0.225. The summed E-state index contributed by atoms with van der Waals surface area (Å²) in [5, 5.41) is 0.401. The fraction of sp³-hybridized carbons (Fsp3) is 0.926. The van der Waals surface area contributed by atoms with E-state index in [-0.39, 0.29) is 0 Å². The van der Waals surface area contributed by atoms with E-state index in [0.717, 1.165) is 23.7 Å². The van der Waals surface area contributed by atoms with Crippen molar-refractivity contribution in [2.45, 2.75) is 122 Å². The standard InChI is InChI=1S/C27H45Cl/c1-4-5-6-7-8-9-10-20-12-14-24-23-13-11-21-19-22(28)15-17-27(21,3)25(23)16-18-26(20,24)2/h11,20,22-25H,4-10,12-19H2,1-3H3/t20?,22-,23?,24?,25?,26+,27-/m0/s1. The molecule has 3 fully saturated rings. The van der Waals surface area contributed by atoms with E-state index in [1.54, 1.807) is 5.57 Å². The number of allylic oxidation sites excluding steroid dienone is 2. The van der Waals surface area contributed by atoms with E-state index in [1.807, 2.05) is 0 Å². The summed E-state index contributed by atoms with van der Waals surface area (Å²) in [7, 11) is 0. The smallest absolute Gasteiger partial charge is 0.0373 e. The summed E-state index contributed by atoms with van der Waals surface area (Å²) in [4.78, 5) is 0. The van der Waals surface area contributed by atoms with Gasteiger partial charge in [-0.3, -0.25) is 0 Å². The molecule has 0 bridgehead atoms. The third-order valence-electron chi connectivity index (χ3n) is 10.1. The van der Waals surface area contributed by atoms with Gasteiger partial charge < -0.3 is 0 Å². The number of hydrogen-bond acceptors (Lipinski definition) is 0. The number of halogens is 1. The van der Waals surface area contributed by atoms with Crippen LogP contribution in [0.5, 0.6) is 0 Å². The molecule has 0 aromatic heterocycles. The van der Waals surface area contributed by atoms with Crippen LogP contribution in [0.3, 0.4) is 0 Å². The lowest BCUT2D eigenvalue weighted by molar-refractivity contribution is -0.0423. The summed E-state index contributed by atoms with van der Waals surface area (Å²) >= 11 is 6.55. The molecule has 4 unspecified atom stereocenters. The maximum atomic E-state index is 6.55. The van der Waals surface area contributed by atoms with Gasteiger partial charge in [-0.15, -0.1) is 11.6 Å². The minimum atomic E-state index is 0.401. The van der Waals surface area contributed by atoms with Crippen molar-refractivity contribution in [1.29, 1.82) is 0 Å². The number of hydrogen-bond donors (Lipinski definition) is 0. The maximum Gasteiger partial charge on any atom is 0.0373 e. The summed E-state index contributed by atoms with van der Waals surface area (Å²) in [6.07, 6.45) is 24.1. The first-order valence-electron chi connectivity index (χ1n) is 12.8. The Hall–Kier alpha value is 0.0300. The molecule has 4 aliphatic carbocycles. The highest BCUT2D eigenvalue weighted by Crippen LogP contribution is 2.66. The van der Waals surface area contributed by atoms with E-state index in [0.29, 0.717) is 16.2 Å². The molecular weight excluding hydrogens is 360 g/mol. The summed E-state index contributed by atoms with van der Waals surface area (Å²) in [5.74, 6) is 3.93. The third-order valence-corrected chi connectivity index (χ3v) is 10.5. The van der Waals surface area contributed by atoms with Crippen LogP contribution in [0.1, 0.15) is 117 Å². The lowest BCUT2D eigenvalue weighted by Crippen LogP contribution is -2.50. The van der Waals surface area contributed by atoms with Crippen molar-refractivity contribution in [1.82, 2.24) is 0 Å². The number of rotatable bonds is 7. The van der Waals surface area contributed by atoms with E-state index >= 15 is 0 Å². The van der Waals surface area contributed by atoms with Crippen LogP contribution in [0, 0.1) is 34.5 Å². The van der Waals surface area contributed by atoms with Gasteiger partial charge in [0.25, 0.3) is 0 Å². The number of unbranched alkanes of at least 4 members (excludes halogenated alkanes) is 5. The van der Waals surface area contributed by atoms with E-state index in [2.05, 4.69) is 26.8 Å². The van der Waals surface area contributed by atoms with Gasteiger partial charge in [0.15, 0.2) is 0 Å². The molecule has 0 aliphatic heterocycles. The van der Waals surface area contributed by atoms with E-state index < -0.39 is 0 Å². The molecule has 0 aromatic rings. The molecule has 0 saturated heterocycles. The predicted molar refractivity (Wildman–Crippen MR) is 123 cm³/mol. The van der Waals surface area contributed by atoms with Crippen LogP contribution in [-0.2, 0) is 0 Å². The molecule has 7 atom stereocenters. The van der Waals surface area contributed by atoms with Gasteiger partial charge in [0, 0.05) is 5.38 Å². The summed E-state index contributed by atoms with van der Waals surface area (Å²) in [6.45, 7) is 7.64. The molecule has 1 heteroatoms. The van der Waals surface area contributed by atoms with Gasteiger partial charge in [0.05, 0.1) is 0 Å². The van der Waals surface area contributed by atoms with Gasteiger partial charge in [-0.1, -0.05) is 70.9 Å². The highest BCUT2D eigenvalue weighted by atomic mass is 35.5. The first-order valence-corrected chi connectivity index (χ1v) is 13.3. The highest BCUT2D eigenvalue weighted by molar-refractivity contribution is 6.20. The lowest BCUT2D eigenvalue weighted by atomic mass is 9.47. The van der Waals surface area contributed by atoms with E-state index in [1.165, 1.54) is 96.3 Å². The van der Waals surface area contributed by atoms with E-state index in [9.17, 15) is 0 Å². The second kappa shape index (κ2) is 8.64. The van der Waals surface area contributed by atoms with Crippen LogP contribution in [-0.4, -0.2) is 5.38 Å². The highest BCUT2D eigenvalue weighted by Gasteiger charge is 2.58. The molecule has 0 spiro atoms. The van der Waals surface area contributed by atoms with Crippen molar-refractivity contribution in [2.24, 2.45) is 34.5 Å². The number of fused-ring (bicyclic) bond motifs is 5. The second-order valence-corrected chi connectivity index (χ2v) is 12.1. The average Bonchev–Trinajstić information content (AvgIpc) is 3.01. The molecule has 0 aromatic carbocycles. The van der Waals surface area contributed by atoms with E-state index in [4.69, 9.17) is 11.6 Å². The minimum Gasteiger partial charge on any atom is -0.123 e. The first-order chi connectivity index (χ1) is 13.5. The molecule has 0 amide bonds. The van der Waals surface area contributed by atoms with Crippen molar-refractivity contribution >= 4 is 11.6 Å². The van der Waals surface area contributed by atoms with Crippen LogP contribution >= 0.6 is 11.6 Å². The SMILES string of the molecule is CCCCCCCCC1CCC2C3CC=C4C[C@@H](Cl)CC[C@]4(C)C3CC[C@]12C. The molecule has 0 nitrogen and oxygen atoms in total. The Morgan fingerprint density at radius 3 is 2.54 bits per heavy atom. The molecule has 0 N–H and O–H groups in total. The zero-order chi connectivity index (χ0) is 19.8. The van der Waals surface area contributed by atoms with Crippen molar-refractivity contribution in [3.8, 4) is 0 Å². The zero-order valence-corrected chi connectivity index (χ0v) is 19.7.